The van der Waals surface area contributed by atoms with Gasteiger partial charge in [-0.05, 0) is 62.4 Å². The SMILES string of the molecule is CCCc1nc(CCN2C(=O)c3ccccc3C2=O)c(Cc2ccc(-c3ccccc3-c3nnnn3C(c3ccccc3)(c3ccccc3)c3ccccc3)cc2)[nH]1. The van der Waals surface area contributed by atoms with Crippen molar-refractivity contribution in [3.63, 3.8) is 0 Å². The second-order valence-electron chi connectivity index (χ2n) is 14.6. The van der Waals surface area contributed by atoms with Crippen molar-refractivity contribution in [1.29, 1.82) is 0 Å². The first-order valence-corrected chi connectivity index (χ1v) is 19.7. The molecule has 0 unspecified atom stereocenters. The van der Waals surface area contributed by atoms with Crippen LogP contribution in [0.5, 0.6) is 0 Å². The number of carbonyl (C=O) groups excluding carboxylic acids is 2. The summed E-state index contributed by atoms with van der Waals surface area (Å²) in [6, 6.07) is 55.1. The zero-order valence-electron chi connectivity index (χ0n) is 32.1. The molecule has 0 aliphatic carbocycles. The van der Waals surface area contributed by atoms with Gasteiger partial charge in [-0.1, -0.05) is 159 Å². The molecule has 284 valence electrons. The van der Waals surface area contributed by atoms with Crippen molar-refractivity contribution >= 4 is 11.8 Å². The minimum Gasteiger partial charge on any atom is -0.345 e. The number of H-pyrrole nitrogens is 1. The largest absolute Gasteiger partial charge is 0.345 e. The van der Waals surface area contributed by atoms with Crippen molar-refractivity contribution in [2.24, 2.45) is 0 Å². The van der Waals surface area contributed by atoms with Gasteiger partial charge in [0.05, 0.1) is 16.8 Å². The van der Waals surface area contributed by atoms with Gasteiger partial charge in [-0.25, -0.2) is 9.67 Å². The number of hydrogen-bond acceptors (Lipinski definition) is 6. The number of hydrogen-bond donors (Lipinski definition) is 1. The average Bonchev–Trinajstić information content (AvgIpc) is 3.98. The van der Waals surface area contributed by atoms with Crippen LogP contribution in [0.3, 0.4) is 0 Å². The smallest absolute Gasteiger partial charge is 0.261 e. The number of nitrogens with zero attached hydrogens (tertiary/aromatic N) is 6. The maximum absolute atomic E-state index is 13.1. The summed E-state index contributed by atoms with van der Waals surface area (Å²) < 4.78 is 1.97. The molecule has 1 aliphatic heterocycles. The van der Waals surface area contributed by atoms with Crippen LogP contribution in [0.25, 0.3) is 22.5 Å². The molecule has 2 aromatic heterocycles. The van der Waals surface area contributed by atoms with E-state index in [1.165, 1.54) is 4.90 Å². The van der Waals surface area contributed by atoms with Crippen LogP contribution in [-0.2, 0) is 24.8 Å². The Labute approximate surface area is 337 Å². The molecule has 2 amide bonds. The van der Waals surface area contributed by atoms with Gasteiger partial charge in [0, 0.05) is 37.1 Å². The van der Waals surface area contributed by atoms with Crippen LogP contribution in [0.15, 0.2) is 164 Å². The summed E-state index contributed by atoms with van der Waals surface area (Å²) in [4.78, 5) is 36.0. The molecule has 9 rings (SSSR count). The molecular weight excluding hydrogens is 719 g/mol. The standard InChI is InChI=1S/C49H41N7O2/c1-2-16-45-50-43(31-32-55-47(57)41-25-14-15-26-42(41)48(55)58)44(51-45)33-34-27-29-35(30-28-34)39-23-12-13-24-40(39)46-52-53-54-56(46)49(36-17-6-3-7-18-36,37-19-8-4-9-20-37)38-21-10-5-11-22-38/h3-15,17-30H,2,16,31-33H2,1H3,(H,50,51). The zero-order valence-corrected chi connectivity index (χ0v) is 32.1. The van der Waals surface area contributed by atoms with Crippen molar-refractivity contribution in [2.75, 3.05) is 6.54 Å². The Balaban J connectivity index is 1.04. The molecule has 0 atom stereocenters. The van der Waals surface area contributed by atoms with E-state index in [4.69, 9.17) is 15.3 Å². The number of benzene rings is 6. The Hall–Kier alpha value is -7.26. The van der Waals surface area contributed by atoms with Gasteiger partial charge in [-0.3, -0.25) is 14.5 Å². The lowest BCUT2D eigenvalue weighted by Crippen LogP contribution is -2.39. The summed E-state index contributed by atoms with van der Waals surface area (Å²) in [5.74, 6) is 1.06. The van der Waals surface area contributed by atoms with Gasteiger partial charge >= 0.3 is 0 Å². The predicted octanol–water partition coefficient (Wildman–Crippen LogP) is 8.95. The maximum Gasteiger partial charge on any atom is 0.261 e. The Morgan fingerprint density at radius 1 is 0.586 bits per heavy atom. The second kappa shape index (κ2) is 15.7. The molecule has 0 saturated heterocycles. The second-order valence-corrected chi connectivity index (χ2v) is 14.6. The van der Waals surface area contributed by atoms with Crippen molar-refractivity contribution < 1.29 is 9.59 Å². The van der Waals surface area contributed by atoms with Crippen LogP contribution in [-0.4, -0.2) is 53.4 Å². The van der Waals surface area contributed by atoms with E-state index in [0.29, 0.717) is 29.8 Å². The molecule has 0 spiro atoms. The summed E-state index contributed by atoms with van der Waals surface area (Å²) in [7, 11) is 0. The van der Waals surface area contributed by atoms with E-state index in [1.807, 2.05) is 35.0 Å². The van der Waals surface area contributed by atoms with E-state index in [2.05, 4.69) is 126 Å². The molecule has 0 fully saturated rings. The highest BCUT2D eigenvalue weighted by atomic mass is 16.2. The highest BCUT2D eigenvalue weighted by molar-refractivity contribution is 6.21. The van der Waals surface area contributed by atoms with Gasteiger partial charge in [0.15, 0.2) is 5.82 Å². The van der Waals surface area contributed by atoms with E-state index in [9.17, 15) is 9.59 Å². The topological polar surface area (TPSA) is 110 Å². The Morgan fingerprint density at radius 3 is 1.66 bits per heavy atom. The molecular formula is C49H41N7O2. The molecule has 8 aromatic rings. The van der Waals surface area contributed by atoms with Crippen LogP contribution < -0.4 is 0 Å². The number of tetrazole rings is 1. The van der Waals surface area contributed by atoms with E-state index in [-0.39, 0.29) is 18.4 Å². The number of carbonyl (C=O) groups is 2. The van der Waals surface area contributed by atoms with Gasteiger partial charge in [-0.15, -0.1) is 5.10 Å². The molecule has 0 radical (unpaired) electrons. The van der Waals surface area contributed by atoms with Crippen LogP contribution in [0.4, 0.5) is 0 Å². The summed E-state index contributed by atoms with van der Waals surface area (Å²) >= 11 is 0. The molecule has 0 saturated carbocycles. The Bertz CT molecular complexity index is 2570. The van der Waals surface area contributed by atoms with Crippen molar-refractivity contribution in [3.05, 3.63) is 214 Å². The molecule has 3 heterocycles. The normalized spacial score (nSPS) is 12.6. The Kier molecular flexibility index (Phi) is 9.85. The molecule has 9 heteroatoms. The number of aryl methyl sites for hydroxylation is 1. The van der Waals surface area contributed by atoms with Gasteiger partial charge in [0.2, 0.25) is 0 Å². The fourth-order valence-electron chi connectivity index (χ4n) is 8.29. The van der Waals surface area contributed by atoms with Gasteiger partial charge in [0.1, 0.15) is 11.4 Å². The summed E-state index contributed by atoms with van der Waals surface area (Å²) in [6.07, 6.45) is 2.86. The van der Waals surface area contributed by atoms with Crippen molar-refractivity contribution in [3.8, 4) is 22.5 Å². The molecule has 1 aliphatic rings. The van der Waals surface area contributed by atoms with Crippen LogP contribution in [0.1, 0.15) is 73.5 Å². The quantitative estimate of drug-likeness (QED) is 0.0929. The lowest BCUT2D eigenvalue weighted by atomic mass is 9.77. The lowest BCUT2D eigenvalue weighted by Gasteiger charge is -2.36. The first-order chi connectivity index (χ1) is 28.6. The monoisotopic (exact) mass is 759 g/mol. The first-order valence-electron chi connectivity index (χ1n) is 19.7. The third kappa shape index (κ3) is 6.50. The van der Waals surface area contributed by atoms with Gasteiger partial charge in [0.25, 0.3) is 11.8 Å². The summed E-state index contributed by atoms with van der Waals surface area (Å²) in [5.41, 5.74) is 9.05. The number of aromatic nitrogens is 6. The van der Waals surface area contributed by atoms with Crippen LogP contribution in [0.2, 0.25) is 0 Å². The number of imidazole rings is 1. The number of rotatable bonds is 13. The molecule has 6 aromatic carbocycles. The summed E-state index contributed by atoms with van der Waals surface area (Å²) in [6.45, 7) is 2.39. The molecule has 58 heavy (non-hydrogen) atoms. The highest BCUT2D eigenvalue weighted by Gasteiger charge is 2.42. The number of aromatic amines is 1. The fourth-order valence-corrected chi connectivity index (χ4v) is 8.29. The maximum atomic E-state index is 13.1. The number of amides is 2. The van der Waals surface area contributed by atoms with Crippen molar-refractivity contribution in [1.82, 2.24) is 35.1 Å². The molecule has 0 bridgehead atoms. The van der Waals surface area contributed by atoms with E-state index in [0.717, 1.165) is 69.0 Å². The third-order valence-corrected chi connectivity index (χ3v) is 11.0. The van der Waals surface area contributed by atoms with E-state index < -0.39 is 5.54 Å². The number of fused-ring (bicyclic) bond motifs is 1. The number of nitrogens with one attached hydrogen (secondary N) is 1. The van der Waals surface area contributed by atoms with E-state index >= 15 is 0 Å². The average molecular weight is 760 g/mol. The minimum absolute atomic E-state index is 0.248. The summed E-state index contributed by atoms with van der Waals surface area (Å²) in [5, 5.41) is 13.8. The highest BCUT2D eigenvalue weighted by Crippen LogP contribution is 2.43. The molecule has 1 N–H and O–H groups in total. The fraction of sp³-hybridized carbons (Fsp3) is 0.143. The molecule has 9 nitrogen and oxygen atoms in total. The third-order valence-electron chi connectivity index (χ3n) is 11.0. The lowest BCUT2D eigenvalue weighted by molar-refractivity contribution is 0.0655. The number of imide groups is 1. The minimum atomic E-state index is -0.878. The van der Waals surface area contributed by atoms with Crippen molar-refractivity contribution in [2.45, 2.75) is 38.1 Å². The van der Waals surface area contributed by atoms with Gasteiger partial charge in [-0.2, -0.15) is 0 Å². The zero-order chi connectivity index (χ0) is 39.5. The first kappa shape index (κ1) is 36.4. The predicted molar refractivity (Wildman–Crippen MR) is 224 cm³/mol. The van der Waals surface area contributed by atoms with Crippen LogP contribution >= 0.6 is 0 Å². The van der Waals surface area contributed by atoms with Crippen LogP contribution in [0, 0.1) is 0 Å². The van der Waals surface area contributed by atoms with Gasteiger partial charge < -0.3 is 4.98 Å². The van der Waals surface area contributed by atoms with E-state index in [1.54, 1.807) is 24.3 Å². The Morgan fingerprint density at radius 2 is 1.10 bits per heavy atom.